The molecule has 2 rings (SSSR count). The summed E-state index contributed by atoms with van der Waals surface area (Å²) in [5.41, 5.74) is 2.27. The van der Waals surface area contributed by atoms with E-state index < -0.39 is 5.97 Å². The summed E-state index contributed by atoms with van der Waals surface area (Å²) in [5.74, 6) is -0.849. The molecule has 2 aromatic rings. The van der Waals surface area contributed by atoms with Crippen molar-refractivity contribution in [3.63, 3.8) is 0 Å². The summed E-state index contributed by atoms with van der Waals surface area (Å²) in [4.78, 5) is 11.6. The van der Waals surface area contributed by atoms with Crippen molar-refractivity contribution in [3.8, 4) is 0 Å². The number of benzene rings is 1. The molecule has 0 saturated heterocycles. The molecule has 1 N–H and O–H groups in total. The minimum Gasteiger partial charge on any atom is -0.478 e. The summed E-state index contributed by atoms with van der Waals surface area (Å²) in [5, 5.41) is 10.5. The average Bonchev–Trinajstić information content (AvgIpc) is 2.77. The molecule has 0 atom stereocenters. The van der Waals surface area contributed by atoms with Crippen molar-refractivity contribution < 1.29 is 9.90 Å². The molecule has 108 valence electrons. The lowest BCUT2D eigenvalue weighted by atomic mass is 9.85. The van der Waals surface area contributed by atoms with Crippen LogP contribution in [0, 0.1) is 0 Å². The summed E-state index contributed by atoms with van der Waals surface area (Å²) in [6.07, 6.45) is 4.16. The minimum atomic E-state index is -0.849. The monoisotopic (exact) mass is 273 g/mol. The van der Waals surface area contributed by atoms with Gasteiger partial charge < -0.3 is 9.67 Å². The van der Waals surface area contributed by atoms with Crippen LogP contribution in [-0.4, -0.2) is 15.6 Å². The Morgan fingerprint density at radius 1 is 1.30 bits per heavy atom. The summed E-state index contributed by atoms with van der Waals surface area (Å²) in [7, 11) is 0. The van der Waals surface area contributed by atoms with Gasteiger partial charge in [0.15, 0.2) is 0 Å². The van der Waals surface area contributed by atoms with Crippen molar-refractivity contribution in [2.45, 2.75) is 52.5 Å². The van der Waals surface area contributed by atoms with E-state index in [1.54, 1.807) is 0 Å². The Kier molecular flexibility index (Phi) is 3.89. The van der Waals surface area contributed by atoms with Crippen molar-refractivity contribution in [3.05, 3.63) is 35.5 Å². The Balaban J connectivity index is 2.65. The highest BCUT2D eigenvalue weighted by Crippen LogP contribution is 2.30. The predicted octanol–water partition coefficient (Wildman–Crippen LogP) is 4.44. The van der Waals surface area contributed by atoms with Crippen molar-refractivity contribution in [2.24, 2.45) is 0 Å². The number of hydrogen-bond donors (Lipinski definition) is 1. The van der Waals surface area contributed by atoms with Gasteiger partial charge in [0.05, 0.1) is 11.1 Å². The molecule has 0 aliphatic carbocycles. The van der Waals surface area contributed by atoms with Gasteiger partial charge >= 0.3 is 5.97 Å². The number of aryl methyl sites for hydroxylation is 1. The number of rotatable bonds is 4. The minimum absolute atomic E-state index is 0.0517. The first kappa shape index (κ1) is 14.6. The predicted molar refractivity (Wildman–Crippen MR) is 82.5 cm³/mol. The largest absolute Gasteiger partial charge is 0.478 e. The van der Waals surface area contributed by atoms with Crippen LogP contribution >= 0.6 is 0 Å². The first-order chi connectivity index (χ1) is 9.34. The first-order valence-corrected chi connectivity index (χ1v) is 7.21. The quantitative estimate of drug-likeness (QED) is 0.895. The molecule has 1 aromatic carbocycles. The SMILES string of the molecule is CCCCn1ccc2cc(C(C)(C)C)cc(C(=O)O)c21. The van der Waals surface area contributed by atoms with Gasteiger partial charge in [-0.15, -0.1) is 0 Å². The lowest BCUT2D eigenvalue weighted by Gasteiger charge is -2.20. The van der Waals surface area contributed by atoms with E-state index in [0.29, 0.717) is 5.56 Å². The van der Waals surface area contributed by atoms with Gasteiger partial charge in [-0.25, -0.2) is 4.79 Å². The molecule has 0 bridgehead atoms. The Bertz CT molecular complexity index is 632. The highest BCUT2D eigenvalue weighted by molar-refractivity contribution is 6.03. The van der Waals surface area contributed by atoms with E-state index in [9.17, 15) is 9.90 Å². The molecule has 0 radical (unpaired) electrons. The third-order valence-electron chi connectivity index (χ3n) is 3.71. The summed E-state index contributed by atoms with van der Waals surface area (Å²) in [6, 6.07) is 5.96. The zero-order chi connectivity index (χ0) is 14.9. The number of aromatic carboxylic acids is 1. The van der Waals surface area contributed by atoms with Crippen LogP contribution in [-0.2, 0) is 12.0 Å². The van der Waals surface area contributed by atoms with Crippen molar-refractivity contribution in [2.75, 3.05) is 0 Å². The average molecular weight is 273 g/mol. The van der Waals surface area contributed by atoms with E-state index in [0.717, 1.165) is 35.9 Å². The third-order valence-corrected chi connectivity index (χ3v) is 3.71. The van der Waals surface area contributed by atoms with Gasteiger partial charge in [-0.2, -0.15) is 0 Å². The molecular weight excluding hydrogens is 250 g/mol. The molecular formula is C17H23NO2. The second kappa shape index (κ2) is 5.31. The normalized spacial score (nSPS) is 12.0. The van der Waals surface area contributed by atoms with Gasteiger partial charge in [0.25, 0.3) is 0 Å². The van der Waals surface area contributed by atoms with Crippen molar-refractivity contribution >= 4 is 16.9 Å². The lowest BCUT2D eigenvalue weighted by Crippen LogP contribution is -2.13. The number of fused-ring (bicyclic) bond motifs is 1. The maximum Gasteiger partial charge on any atom is 0.337 e. The molecule has 0 fully saturated rings. The zero-order valence-corrected chi connectivity index (χ0v) is 12.7. The van der Waals surface area contributed by atoms with Gasteiger partial charge in [-0.05, 0) is 35.6 Å². The number of carbonyl (C=O) groups is 1. The van der Waals surface area contributed by atoms with Crippen LogP contribution in [0.5, 0.6) is 0 Å². The molecule has 0 aliphatic rings. The van der Waals surface area contributed by atoms with Crippen LogP contribution in [0.1, 0.15) is 56.5 Å². The van der Waals surface area contributed by atoms with E-state index >= 15 is 0 Å². The fourth-order valence-corrected chi connectivity index (χ4v) is 2.46. The maximum atomic E-state index is 11.6. The molecule has 0 spiro atoms. The number of hydrogen-bond acceptors (Lipinski definition) is 1. The number of unbranched alkanes of at least 4 members (excludes halogenated alkanes) is 1. The number of carboxylic acids is 1. The molecule has 3 heteroatoms. The van der Waals surface area contributed by atoms with E-state index in [4.69, 9.17) is 0 Å². The van der Waals surface area contributed by atoms with Crippen molar-refractivity contribution in [1.82, 2.24) is 4.57 Å². The van der Waals surface area contributed by atoms with Crippen LogP contribution in [0.15, 0.2) is 24.4 Å². The standard InChI is InChI=1S/C17H23NO2/c1-5-6-8-18-9-7-12-10-13(17(2,3)4)11-14(15(12)18)16(19)20/h7,9-11H,5-6,8H2,1-4H3,(H,19,20). The molecule has 0 aliphatic heterocycles. The molecule has 20 heavy (non-hydrogen) atoms. The second-order valence-electron chi connectivity index (χ2n) is 6.38. The topological polar surface area (TPSA) is 42.2 Å². The number of carboxylic acid groups (broad SMARTS) is 1. The number of aromatic nitrogens is 1. The Hall–Kier alpha value is -1.77. The smallest absolute Gasteiger partial charge is 0.337 e. The van der Waals surface area contributed by atoms with Crippen LogP contribution in [0.2, 0.25) is 0 Å². The van der Waals surface area contributed by atoms with E-state index in [-0.39, 0.29) is 5.41 Å². The fourth-order valence-electron chi connectivity index (χ4n) is 2.46. The zero-order valence-electron chi connectivity index (χ0n) is 12.7. The van der Waals surface area contributed by atoms with E-state index in [1.807, 2.05) is 18.3 Å². The van der Waals surface area contributed by atoms with Gasteiger partial charge in [0.2, 0.25) is 0 Å². The van der Waals surface area contributed by atoms with Gasteiger partial charge in [0.1, 0.15) is 0 Å². The molecule has 3 nitrogen and oxygen atoms in total. The fraction of sp³-hybridized carbons (Fsp3) is 0.471. The van der Waals surface area contributed by atoms with E-state index in [2.05, 4.69) is 38.3 Å². The van der Waals surface area contributed by atoms with Gasteiger partial charge in [-0.3, -0.25) is 0 Å². The molecule has 1 aromatic heterocycles. The molecule has 0 saturated carbocycles. The van der Waals surface area contributed by atoms with Gasteiger partial charge in [-0.1, -0.05) is 34.1 Å². The lowest BCUT2D eigenvalue weighted by molar-refractivity contribution is 0.0698. The summed E-state index contributed by atoms with van der Waals surface area (Å²) < 4.78 is 2.06. The highest BCUT2D eigenvalue weighted by atomic mass is 16.4. The third kappa shape index (κ3) is 2.72. The second-order valence-corrected chi connectivity index (χ2v) is 6.38. The van der Waals surface area contributed by atoms with Crippen molar-refractivity contribution in [1.29, 1.82) is 0 Å². The Morgan fingerprint density at radius 2 is 2.00 bits per heavy atom. The Morgan fingerprint density at radius 3 is 2.55 bits per heavy atom. The van der Waals surface area contributed by atoms with E-state index in [1.165, 1.54) is 0 Å². The molecule has 0 unspecified atom stereocenters. The maximum absolute atomic E-state index is 11.6. The number of nitrogens with zero attached hydrogens (tertiary/aromatic N) is 1. The van der Waals surface area contributed by atoms with Crippen LogP contribution < -0.4 is 0 Å². The van der Waals surface area contributed by atoms with Gasteiger partial charge in [0, 0.05) is 18.1 Å². The van der Waals surface area contributed by atoms with Crippen LogP contribution in [0.4, 0.5) is 0 Å². The Labute approximate surface area is 120 Å². The van der Waals surface area contributed by atoms with Crippen LogP contribution in [0.3, 0.4) is 0 Å². The molecule has 0 amide bonds. The summed E-state index contributed by atoms with van der Waals surface area (Å²) in [6.45, 7) is 9.33. The first-order valence-electron chi connectivity index (χ1n) is 7.21. The van der Waals surface area contributed by atoms with Crippen LogP contribution in [0.25, 0.3) is 10.9 Å². The molecule has 1 heterocycles. The highest BCUT2D eigenvalue weighted by Gasteiger charge is 2.20. The summed E-state index contributed by atoms with van der Waals surface area (Å²) >= 11 is 0.